The van der Waals surface area contributed by atoms with Gasteiger partial charge in [-0.25, -0.2) is 0 Å². The van der Waals surface area contributed by atoms with Crippen molar-refractivity contribution >= 4 is 15.9 Å². The van der Waals surface area contributed by atoms with Crippen LogP contribution in [-0.4, -0.2) is 25.9 Å². The molecule has 0 heterocycles. The van der Waals surface area contributed by atoms with E-state index < -0.39 is 6.04 Å². The van der Waals surface area contributed by atoms with Crippen molar-refractivity contribution in [2.75, 3.05) is 20.8 Å². The first-order chi connectivity index (χ1) is 7.13. The molecular weight excluding hydrogens is 262 g/mol. The van der Waals surface area contributed by atoms with E-state index in [-0.39, 0.29) is 6.61 Å². The molecule has 1 unspecified atom stereocenters. The van der Waals surface area contributed by atoms with Crippen LogP contribution in [0.15, 0.2) is 16.6 Å². The van der Waals surface area contributed by atoms with Gasteiger partial charge in [0.15, 0.2) is 0 Å². The fourth-order valence-corrected chi connectivity index (χ4v) is 2.02. The third-order valence-corrected chi connectivity index (χ3v) is 2.74. The molecule has 1 atom stereocenters. The minimum atomic E-state index is -0.472. The molecule has 15 heavy (non-hydrogen) atoms. The largest absolute Gasteiger partial charge is 0.497 e. The smallest absolute Gasteiger partial charge is 0.128 e. The summed E-state index contributed by atoms with van der Waals surface area (Å²) in [5, 5.41) is 9.03. The molecule has 0 spiro atoms. The van der Waals surface area contributed by atoms with Crippen LogP contribution in [0.25, 0.3) is 0 Å². The standard InChI is InChI=1S/C10H14BrNO3/c1-14-6-3-7(11)10(8(12)5-13)9(4-6)15-2/h3-4,8,13H,5,12H2,1-2H3. The summed E-state index contributed by atoms with van der Waals surface area (Å²) < 4.78 is 11.0. The lowest BCUT2D eigenvalue weighted by Gasteiger charge is -2.16. The summed E-state index contributed by atoms with van der Waals surface area (Å²) in [6, 6.07) is 3.04. The molecule has 0 saturated carbocycles. The van der Waals surface area contributed by atoms with Gasteiger partial charge in [0.2, 0.25) is 0 Å². The average molecular weight is 276 g/mol. The number of halogens is 1. The number of aliphatic hydroxyl groups is 1. The first kappa shape index (κ1) is 12.3. The number of rotatable bonds is 4. The predicted molar refractivity (Wildman–Crippen MR) is 61.3 cm³/mol. The van der Waals surface area contributed by atoms with Crippen molar-refractivity contribution in [3.8, 4) is 11.5 Å². The van der Waals surface area contributed by atoms with Gasteiger partial charge in [0.05, 0.1) is 26.9 Å². The summed E-state index contributed by atoms with van der Waals surface area (Å²) >= 11 is 3.37. The number of methoxy groups -OCH3 is 2. The minimum Gasteiger partial charge on any atom is -0.497 e. The normalized spacial score (nSPS) is 12.3. The predicted octanol–water partition coefficient (Wildman–Crippen LogP) is 1.46. The topological polar surface area (TPSA) is 64.7 Å². The van der Waals surface area contributed by atoms with E-state index in [0.717, 1.165) is 10.0 Å². The Labute approximate surface area is 97.1 Å². The van der Waals surface area contributed by atoms with Gasteiger partial charge in [0.1, 0.15) is 11.5 Å². The highest BCUT2D eigenvalue weighted by Crippen LogP contribution is 2.35. The second kappa shape index (κ2) is 5.34. The molecule has 0 aliphatic carbocycles. The van der Waals surface area contributed by atoms with Gasteiger partial charge in [-0.3, -0.25) is 0 Å². The van der Waals surface area contributed by atoms with Crippen molar-refractivity contribution in [2.24, 2.45) is 5.73 Å². The summed E-state index contributed by atoms with van der Waals surface area (Å²) in [7, 11) is 3.13. The summed E-state index contributed by atoms with van der Waals surface area (Å²) in [4.78, 5) is 0. The molecule has 1 aromatic carbocycles. The Morgan fingerprint density at radius 1 is 1.40 bits per heavy atom. The maximum absolute atomic E-state index is 9.03. The second-order valence-corrected chi connectivity index (χ2v) is 3.87. The summed E-state index contributed by atoms with van der Waals surface area (Å²) in [6.45, 7) is -0.138. The van der Waals surface area contributed by atoms with E-state index in [1.165, 1.54) is 0 Å². The summed E-state index contributed by atoms with van der Waals surface area (Å²) in [5.74, 6) is 1.27. The molecule has 1 rings (SSSR count). The van der Waals surface area contributed by atoms with E-state index in [1.54, 1.807) is 26.4 Å². The molecule has 0 fully saturated rings. The fraction of sp³-hybridized carbons (Fsp3) is 0.400. The Balaban J connectivity index is 3.24. The van der Waals surface area contributed by atoms with Gasteiger partial charge in [-0.2, -0.15) is 0 Å². The number of hydrogen-bond acceptors (Lipinski definition) is 4. The van der Waals surface area contributed by atoms with Crippen LogP contribution in [0, 0.1) is 0 Å². The zero-order chi connectivity index (χ0) is 11.4. The molecule has 0 aliphatic heterocycles. The second-order valence-electron chi connectivity index (χ2n) is 3.01. The first-order valence-electron chi connectivity index (χ1n) is 4.41. The maximum atomic E-state index is 9.03. The lowest BCUT2D eigenvalue weighted by molar-refractivity contribution is 0.264. The van der Waals surface area contributed by atoms with Gasteiger partial charge < -0.3 is 20.3 Å². The Morgan fingerprint density at radius 2 is 2.07 bits per heavy atom. The van der Waals surface area contributed by atoms with Gasteiger partial charge in [-0.05, 0) is 6.07 Å². The van der Waals surface area contributed by atoms with Crippen LogP contribution in [0.3, 0.4) is 0 Å². The van der Waals surface area contributed by atoms with Gasteiger partial charge >= 0.3 is 0 Å². The summed E-state index contributed by atoms with van der Waals surface area (Å²) in [6.07, 6.45) is 0. The van der Waals surface area contributed by atoms with Crippen molar-refractivity contribution in [2.45, 2.75) is 6.04 Å². The van der Waals surface area contributed by atoms with Crippen LogP contribution < -0.4 is 15.2 Å². The Bertz CT molecular complexity index is 344. The molecule has 0 amide bonds. The van der Waals surface area contributed by atoms with Crippen LogP contribution in [-0.2, 0) is 0 Å². The third-order valence-electron chi connectivity index (χ3n) is 2.09. The van der Waals surface area contributed by atoms with Crippen LogP contribution in [0.5, 0.6) is 11.5 Å². The lowest BCUT2D eigenvalue weighted by Crippen LogP contribution is -2.16. The Morgan fingerprint density at radius 3 is 2.53 bits per heavy atom. The highest BCUT2D eigenvalue weighted by atomic mass is 79.9. The zero-order valence-corrected chi connectivity index (χ0v) is 10.2. The van der Waals surface area contributed by atoms with Gasteiger partial charge in [0, 0.05) is 16.1 Å². The van der Waals surface area contributed by atoms with E-state index in [2.05, 4.69) is 15.9 Å². The molecule has 4 nitrogen and oxygen atoms in total. The van der Waals surface area contributed by atoms with E-state index >= 15 is 0 Å². The van der Waals surface area contributed by atoms with E-state index in [9.17, 15) is 0 Å². The van der Waals surface area contributed by atoms with Crippen LogP contribution in [0.2, 0.25) is 0 Å². The van der Waals surface area contributed by atoms with Crippen LogP contribution >= 0.6 is 15.9 Å². The number of nitrogens with two attached hydrogens (primary N) is 1. The molecule has 0 aromatic heterocycles. The lowest BCUT2D eigenvalue weighted by atomic mass is 10.1. The molecule has 5 heteroatoms. The van der Waals surface area contributed by atoms with Gasteiger partial charge in [-0.1, -0.05) is 15.9 Å². The number of aliphatic hydroxyl groups excluding tert-OH is 1. The van der Waals surface area contributed by atoms with Gasteiger partial charge in [0.25, 0.3) is 0 Å². The molecule has 0 saturated heterocycles. The van der Waals surface area contributed by atoms with Crippen LogP contribution in [0.1, 0.15) is 11.6 Å². The highest BCUT2D eigenvalue weighted by Gasteiger charge is 2.16. The highest BCUT2D eigenvalue weighted by molar-refractivity contribution is 9.10. The zero-order valence-electron chi connectivity index (χ0n) is 8.66. The third kappa shape index (κ3) is 2.62. The Hall–Kier alpha value is -0.780. The van der Waals surface area contributed by atoms with E-state index in [1.807, 2.05) is 0 Å². The molecular formula is C10H14BrNO3. The van der Waals surface area contributed by atoms with Gasteiger partial charge in [-0.15, -0.1) is 0 Å². The molecule has 0 aliphatic rings. The molecule has 0 bridgehead atoms. The molecule has 84 valence electrons. The Kier molecular flexibility index (Phi) is 4.38. The maximum Gasteiger partial charge on any atom is 0.128 e. The van der Waals surface area contributed by atoms with Crippen molar-refractivity contribution in [3.05, 3.63) is 22.2 Å². The number of ether oxygens (including phenoxy) is 2. The molecule has 1 aromatic rings. The number of benzene rings is 1. The minimum absolute atomic E-state index is 0.138. The first-order valence-corrected chi connectivity index (χ1v) is 5.21. The SMILES string of the molecule is COc1cc(Br)c(C(N)CO)c(OC)c1. The molecule has 3 N–H and O–H groups in total. The quantitative estimate of drug-likeness (QED) is 0.873. The van der Waals surface area contributed by atoms with Crippen molar-refractivity contribution < 1.29 is 14.6 Å². The van der Waals surface area contributed by atoms with Crippen molar-refractivity contribution in [1.29, 1.82) is 0 Å². The fourth-order valence-electron chi connectivity index (χ4n) is 1.31. The van der Waals surface area contributed by atoms with E-state index in [4.69, 9.17) is 20.3 Å². The number of hydrogen-bond donors (Lipinski definition) is 2. The van der Waals surface area contributed by atoms with Crippen molar-refractivity contribution in [1.82, 2.24) is 0 Å². The summed E-state index contributed by atoms with van der Waals surface area (Å²) in [5.41, 5.74) is 6.50. The average Bonchev–Trinajstić information content (AvgIpc) is 2.26. The monoisotopic (exact) mass is 275 g/mol. The van der Waals surface area contributed by atoms with E-state index in [0.29, 0.717) is 11.5 Å². The van der Waals surface area contributed by atoms with Crippen molar-refractivity contribution in [3.63, 3.8) is 0 Å². The van der Waals surface area contributed by atoms with Crippen LogP contribution in [0.4, 0.5) is 0 Å². The molecule has 0 radical (unpaired) electrons.